The molecule has 0 aliphatic carbocycles. The normalized spacial score (nSPS) is 30.3. The Morgan fingerprint density at radius 1 is 1.44 bits per heavy atom. The van der Waals surface area contributed by atoms with Crippen molar-refractivity contribution in [1.29, 1.82) is 0 Å². The van der Waals surface area contributed by atoms with Gasteiger partial charge in [0.15, 0.2) is 0 Å². The molecule has 2 N–H and O–H groups in total. The van der Waals surface area contributed by atoms with Crippen molar-refractivity contribution in [1.82, 2.24) is 0 Å². The molecule has 0 aromatic carbocycles. The van der Waals surface area contributed by atoms with E-state index in [1.54, 1.807) is 0 Å². The second-order valence-corrected chi connectivity index (χ2v) is 9.21. The summed E-state index contributed by atoms with van der Waals surface area (Å²) in [6, 6.07) is 0. The van der Waals surface area contributed by atoms with Gasteiger partial charge in [-0.1, -0.05) is 0 Å². The summed E-state index contributed by atoms with van der Waals surface area (Å²) < 4.78 is 18.4. The molecular formula is C13H25NO2S2. The molecule has 0 bridgehead atoms. The maximum Gasteiger partial charge on any atom is 0.0709 e. The van der Waals surface area contributed by atoms with E-state index in [0.29, 0.717) is 5.75 Å². The SMILES string of the molecule is CC(C)(N)CS(=O)C1CCOC2(CCSCC2)C1. The van der Waals surface area contributed by atoms with Crippen LogP contribution in [0, 0.1) is 0 Å². The summed E-state index contributed by atoms with van der Waals surface area (Å²) in [5.74, 6) is 2.96. The van der Waals surface area contributed by atoms with Crippen molar-refractivity contribution in [3.8, 4) is 0 Å². The zero-order valence-corrected chi connectivity index (χ0v) is 13.1. The first-order valence-electron chi connectivity index (χ1n) is 6.78. The molecule has 5 heteroatoms. The van der Waals surface area contributed by atoms with Gasteiger partial charge in [0.05, 0.1) is 5.60 Å². The molecule has 106 valence electrons. The van der Waals surface area contributed by atoms with Crippen molar-refractivity contribution < 1.29 is 8.95 Å². The fraction of sp³-hybridized carbons (Fsp3) is 1.00. The largest absolute Gasteiger partial charge is 0.375 e. The van der Waals surface area contributed by atoms with Crippen LogP contribution >= 0.6 is 11.8 Å². The lowest BCUT2D eigenvalue weighted by molar-refractivity contribution is -0.0809. The monoisotopic (exact) mass is 291 g/mol. The highest BCUT2D eigenvalue weighted by atomic mass is 32.2. The molecule has 0 aromatic rings. The zero-order valence-electron chi connectivity index (χ0n) is 11.4. The molecule has 0 amide bonds. The van der Waals surface area contributed by atoms with E-state index in [-0.39, 0.29) is 16.4 Å². The molecular weight excluding hydrogens is 266 g/mol. The van der Waals surface area contributed by atoms with Crippen molar-refractivity contribution in [3.63, 3.8) is 0 Å². The molecule has 3 nitrogen and oxygen atoms in total. The van der Waals surface area contributed by atoms with Gasteiger partial charge in [-0.15, -0.1) is 0 Å². The van der Waals surface area contributed by atoms with Crippen LogP contribution in [0.2, 0.25) is 0 Å². The summed E-state index contributed by atoms with van der Waals surface area (Å²) in [4.78, 5) is 0. The van der Waals surface area contributed by atoms with Crippen LogP contribution in [0.25, 0.3) is 0 Å². The maximum absolute atomic E-state index is 12.4. The van der Waals surface area contributed by atoms with Crippen LogP contribution in [0.4, 0.5) is 0 Å². The third-order valence-corrected chi connectivity index (χ3v) is 6.90. The molecule has 2 rings (SSSR count). The molecule has 2 fully saturated rings. The fourth-order valence-electron chi connectivity index (χ4n) is 2.78. The van der Waals surface area contributed by atoms with Gasteiger partial charge in [0.25, 0.3) is 0 Å². The first-order valence-corrected chi connectivity index (χ1v) is 9.32. The zero-order chi connectivity index (χ0) is 13.2. The summed E-state index contributed by atoms with van der Waals surface area (Å²) in [5, 5.41) is 0.282. The lowest BCUT2D eigenvalue weighted by Gasteiger charge is -2.43. The Morgan fingerprint density at radius 3 is 2.72 bits per heavy atom. The lowest BCUT2D eigenvalue weighted by Crippen LogP contribution is -2.48. The molecule has 18 heavy (non-hydrogen) atoms. The smallest absolute Gasteiger partial charge is 0.0709 e. The van der Waals surface area contributed by atoms with Crippen LogP contribution in [0.3, 0.4) is 0 Å². The minimum atomic E-state index is -0.815. The lowest BCUT2D eigenvalue weighted by atomic mass is 9.88. The number of thioether (sulfide) groups is 1. The average Bonchev–Trinajstić information content (AvgIpc) is 2.28. The molecule has 1 spiro atoms. The highest BCUT2D eigenvalue weighted by Gasteiger charge is 2.40. The Balaban J connectivity index is 1.95. The second-order valence-electron chi connectivity index (χ2n) is 6.27. The third kappa shape index (κ3) is 3.95. The molecule has 2 heterocycles. The van der Waals surface area contributed by atoms with Gasteiger partial charge in [0, 0.05) is 33.9 Å². The van der Waals surface area contributed by atoms with Crippen LogP contribution in [0.1, 0.15) is 39.5 Å². The average molecular weight is 291 g/mol. The van der Waals surface area contributed by atoms with Crippen molar-refractivity contribution in [2.24, 2.45) is 5.73 Å². The van der Waals surface area contributed by atoms with Crippen molar-refractivity contribution in [2.75, 3.05) is 23.9 Å². The Labute approximate surface area is 117 Å². The van der Waals surface area contributed by atoms with Crippen LogP contribution in [0.15, 0.2) is 0 Å². The minimum Gasteiger partial charge on any atom is -0.375 e. The van der Waals surface area contributed by atoms with Gasteiger partial charge in [-0.25, -0.2) is 0 Å². The predicted octanol–water partition coefficient (Wildman–Crippen LogP) is 1.92. The molecule has 2 atom stereocenters. The van der Waals surface area contributed by atoms with Crippen LogP contribution in [-0.2, 0) is 15.5 Å². The third-order valence-electron chi connectivity index (χ3n) is 3.74. The first-order chi connectivity index (χ1) is 8.40. The standard InChI is InChI=1S/C13H25NO2S2/c1-12(2,14)10-18(15)11-3-6-16-13(9-11)4-7-17-8-5-13/h11H,3-10,14H2,1-2H3. The highest BCUT2D eigenvalue weighted by Crippen LogP contribution is 2.39. The molecule has 2 saturated heterocycles. The second kappa shape index (κ2) is 5.81. The topological polar surface area (TPSA) is 52.3 Å². The van der Waals surface area contributed by atoms with Crippen LogP contribution in [-0.4, -0.2) is 44.5 Å². The van der Waals surface area contributed by atoms with Gasteiger partial charge < -0.3 is 10.5 Å². The summed E-state index contributed by atoms with van der Waals surface area (Å²) in [6.45, 7) is 4.68. The first kappa shape index (κ1) is 14.8. The number of nitrogens with two attached hydrogens (primary N) is 1. The summed E-state index contributed by atoms with van der Waals surface area (Å²) in [7, 11) is -0.815. The highest BCUT2D eigenvalue weighted by molar-refractivity contribution is 7.99. The van der Waals surface area contributed by atoms with E-state index in [9.17, 15) is 4.21 Å². The molecule has 2 aliphatic heterocycles. The van der Waals surface area contributed by atoms with E-state index < -0.39 is 10.8 Å². The molecule has 0 radical (unpaired) electrons. The van der Waals surface area contributed by atoms with E-state index in [0.717, 1.165) is 32.3 Å². The number of hydrogen-bond donors (Lipinski definition) is 1. The summed E-state index contributed by atoms with van der Waals surface area (Å²) >= 11 is 2.01. The number of hydrogen-bond acceptors (Lipinski definition) is 4. The van der Waals surface area contributed by atoms with Gasteiger partial charge in [0.2, 0.25) is 0 Å². The van der Waals surface area contributed by atoms with E-state index >= 15 is 0 Å². The molecule has 2 unspecified atom stereocenters. The van der Waals surface area contributed by atoms with Gasteiger partial charge in [-0.05, 0) is 51.0 Å². The molecule has 0 aromatic heterocycles. The van der Waals surface area contributed by atoms with E-state index in [1.807, 2.05) is 25.6 Å². The summed E-state index contributed by atoms with van der Waals surface area (Å²) in [6.07, 6.45) is 4.14. The van der Waals surface area contributed by atoms with E-state index in [2.05, 4.69) is 0 Å². The number of rotatable bonds is 3. The Morgan fingerprint density at radius 2 is 2.11 bits per heavy atom. The van der Waals surface area contributed by atoms with Gasteiger partial charge >= 0.3 is 0 Å². The van der Waals surface area contributed by atoms with E-state index in [1.165, 1.54) is 11.5 Å². The van der Waals surface area contributed by atoms with Crippen LogP contribution < -0.4 is 5.73 Å². The van der Waals surface area contributed by atoms with Gasteiger partial charge in [0.1, 0.15) is 0 Å². The number of ether oxygens (including phenoxy) is 1. The van der Waals surface area contributed by atoms with Crippen molar-refractivity contribution >= 4 is 22.6 Å². The van der Waals surface area contributed by atoms with E-state index in [4.69, 9.17) is 10.5 Å². The van der Waals surface area contributed by atoms with Gasteiger partial charge in [-0.2, -0.15) is 11.8 Å². The minimum absolute atomic E-state index is 0.0303. The molecule has 0 saturated carbocycles. The van der Waals surface area contributed by atoms with Crippen molar-refractivity contribution in [2.45, 2.75) is 55.9 Å². The maximum atomic E-state index is 12.4. The Kier molecular flexibility index (Phi) is 4.79. The van der Waals surface area contributed by atoms with Crippen LogP contribution in [0.5, 0.6) is 0 Å². The quantitative estimate of drug-likeness (QED) is 0.863. The van der Waals surface area contributed by atoms with Gasteiger partial charge in [-0.3, -0.25) is 4.21 Å². The van der Waals surface area contributed by atoms with Crippen molar-refractivity contribution in [3.05, 3.63) is 0 Å². The predicted molar refractivity (Wildman–Crippen MR) is 79.5 cm³/mol. The Hall–Kier alpha value is 0.420. The molecule has 2 aliphatic rings. The Bertz CT molecular complexity index is 303. The fourth-order valence-corrected chi connectivity index (χ4v) is 5.84. The summed E-state index contributed by atoms with van der Waals surface area (Å²) in [5.41, 5.74) is 5.68.